The Bertz CT molecular complexity index is 620. The lowest BCUT2D eigenvalue weighted by Crippen LogP contribution is -1.93. The van der Waals surface area contributed by atoms with Crippen molar-refractivity contribution in [2.24, 2.45) is 0 Å². The van der Waals surface area contributed by atoms with Crippen molar-refractivity contribution in [1.29, 1.82) is 0 Å². The van der Waals surface area contributed by atoms with Gasteiger partial charge in [-0.1, -0.05) is 27.7 Å². The molecule has 98 valence electrons. The van der Waals surface area contributed by atoms with E-state index in [1.807, 2.05) is 25.1 Å². The Morgan fingerprint density at radius 1 is 1.21 bits per heavy atom. The molecule has 19 heavy (non-hydrogen) atoms. The minimum absolute atomic E-state index is 0.0629. The van der Waals surface area contributed by atoms with Gasteiger partial charge in [0.1, 0.15) is 5.03 Å². The van der Waals surface area contributed by atoms with Gasteiger partial charge in [0.2, 0.25) is 0 Å². The lowest BCUT2D eigenvalue weighted by molar-refractivity contribution is 0.101. The van der Waals surface area contributed by atoms with Gasteiger partial charge in [-0.05, 0) is 56.7 Å². The predicted molar refractivity (Wildman–Crippen MR) is 82.0 cm³/mol. The summed E-state index contributed by atoms with van der Waals surface area (Å²) in [6.07, 6.45) is 0. The molecular weight excluding hydrogens is 322 g/mol. The average Bonchev–Trinajstić information content (AvgIpc) is 2.26. The lowest BCUT2D eigenvalue weighted by Gasteiger charge is -2.06. The Kier molecular flexibility index (Phi) is 4.42. The van der Waals surface area contributed by atoms with E-state index < -0.39 is 0 Å². The number of halogens is 1. The highest BCUT2D eigenvalue weighted by Gasteiger charge is 2.07. The van der Waals surface area contributed by atoms with E-state index in [0.29, 0.717) is 5.56 Å². The highest BCUT2D eigenvalue weighted by atomic mass is 79.9. The fourth-order valence-corrected chi connectivity index (χ4v) is 3.62. The van der Waals surface area contributed by atoms with Crippen LogP contribution in [0.3, 0.4) is 0 Å². The van der Waals surface area contributed by atoms with Gasteiger partial charge in [-0.25, -0.2) is 4.98 Å². The molecule has 2 aromatic rings. The molecule has 0 saturated carbocycles. The van der Waals surface area contributed by atoms with Crippen LogP contribution in [0.25, 0.3) is 0 Å². The minimum atomic E-state index is 0.0629. The van der Waals surface area contributed by atoms with Gasteiger partial charge in [-0.2, -0.15) is 0 Å². The molecule has 2 rings (SSSR count). The number of ketones is 1. The van der Waals surface area contributed by atoms with Crippen LogP contribution in [0.5, 0.6) is 0 Å². The Morgan fingerprint density at radius 3 is 2.53 bits per heavy atom. The normalized spacial score (nSPS) is 10.5. The van der Waals surface area contributed by atoms with E-state index in [2.05, 4.69) is 40.0 Å². The molecule has 0 aliphatic carbocycles. The number of Topliss-reactive ketones (excluding diaryl/α,β-unsaturated/α-hetero) is 1. The van der Waals surface area contributed by atoms with Gasteiger partial charge in [0.05, 0.1) is 0 Å². The summed E-state index contributed by atoms with van der Waals surface area (Å²) in [7, 11) is 0. The molecule has 0 amide bonds. The summed E-state index contributed by atoms with van der Waals surface area (Å²) in [4.78, 5) is 16.9. The zero-order valence-corrected chi connectivity index (χ0v) is 13.4. The van der Waals surface area contributed by atoms with Crippen molar-refractivity contribution in [1.82, 2.24) is 4.98 Å². The Labute approximate surface area is 125 Å². The SMILES string of the molecule is CC(=O)c1ccc(Sc2cc(C)cc(C)n2)cc1Br. The summed E-state index contributed by atoms with van der Waals surface area (Å²) in [5, 5.41) is 0.972. The largest absolute Gasteiger partial charge is 0.294 e. The summed E-state index contributed by atoms with van der Waals surface area (Å²) in [6, 6.07) is 9.87. The molecule has 0 radical (unpaired) electrons. The standard InChI is InChI=1S/C15H14BrNOS/c1-9-6-10(2)17-15(7-9)19-12-4-5-13(11(3)18)14(16)8-12/h4-8H,1-3H3. The second kappa shape index (κ2) is 5.88. The molecule has 0 spiro atoms. The fourth-order valence-electron chi connectivity index (χ4n) is 1.82. The molecular formula is C15H14BrNOS. The van der Waals surface area contributed by atoms with Gasteiger partial charge in [0, 0.05) is 20.6 Å². The number of pyridine rings is 1. The Morgan fingerprint density at radius 2 is 1.95 bits per heavy atom. The van der Waals surface area contributed by atoms with Crippen molar-refractivity contribution in [3.63, 3.8) is 0 Å². The van der Waals surface area contributed by atoms with Crippen LogP contribution in [0.2, 0.25) is 0 Å². The van der Waals surface area contributed by atoms with Gasteiger partial charge in [0.15, 0.2) is 5.78 Å². The second-order valence-electron chi connectivity index (χ2n) is 4.42. The molecule has 0 aliphatic rings. The first-order valence-electron chi connectivity index (χ1n) is 5.89. The number of benzene rings is 1. The van der Waals surface area contributed by atoms with Gasteiger partial charge in [-0.15, -0.1) is 0 Å². The molecule has 0 bridgehead atoms. The summed E-state index contributed by atoms with van der Waals surface area (Å²) in [5.41, 5.74) is 2.93. The van der Waals surface area contributed by atoms with E-state index >= 15 is 0 Å². The van der Waals surface area contributed by atoms with Crippen LogP contribution in [0, 0.1) is 13.8 Å². The van der Waals surface area contributed by atoms with Crippen LogP contribution < -0.4 is 0 Å². The van der Waals surface area contributed by atoms with Crippen molar-refractivity contribution in [3.8, 4) is 0 Å². The molecule has 4 heteroatoms. The number of rotatable bonds is 3. The Hall–Kier alpha value is -1.13. The molecule has 2 nitrogen and oxygen atoms in total. The third kappa shape index (κ3) is 3.67. The van der Waals surface area contributed by atoms with Crippen molar-refractivity contribution < 1.29 is 4.79 Å². The topological polar surface area (TPSA) is 30.0 Å². The van der Waals surface area contributed by atoms with Gasteiger partial charge < -0.3 is 0 Å². The third-order valence-electron chi connectivity index (χ3n) is 2.62. The highest BCUT2D eigenvalue weighted by molar-refractivity contribution is 9.10. The van der Waals surface area contributed by atoms with Crippen LogP contribution in [-0.2, 0) is 0 Å². The zero-order valence-electron chi connectivity index (χ0n) is 11.0. The van der Waals surface area contributed by atoms with Crippen LogP contribution >= 0.6 is 27.7 Å². The third-order valence-corrected chi connectivity index (χ3v) is 4.18. The Balaban J connectivity index is 2.28. The fraction of sp³-hybridized carbons (Fsp3) is 0.200. The summed E-state index contributed by atoms with van der Waals surface area (Å²) in [6.45, 7) is 5.62. The summed E-state index contributed by atoms with van der Waals surface area (Å²) < 4.78 is 0.828. The van der Waals surface area contributed by atoms with Gasteiger partial charge in [0.25, 0.3) is 0 Å². The van der Waals surface area contributed by atoms with Crippen molar-refractivity contribution in [2.75, 3.05) is 0 Å². The number of aryl methyl sites for hydroxylation is 2. The molecule has 1 aromatic carbocycles. The zero-order chi connectivity index (χ0) is 14.0. The van der Waals surface area contributed by atoms with Crippen LogP contribution in [0.4, 0.5) is 0 Å². The van der Waals surface area contributed by atoms with Crippen LogP contribution in [0.1, 0.15) is 28.5 Å². The maximum Gasteiger partial charge on any atom is 0.160 e. The maximum atomic E-state index is 11.4. The van der Waals surface area contributed by atoms with Crippen molar-refractivity contribution >= 4 is 33.5 Å². The number of hydrogen-bond acceptors (Lipinski definition) is 3. The number of nitrogens with zero attached hydrogens (tertiary/aromatic N) is 1. The number of carbonyl (C=O) groups is 1. The van der Waals surface area contributed by atoms with Gasteiger partial charge in [-0.3, -0.25) is 4.79 Å². The van der Waals surface area contributed by atoms with E-state index in [4.69, 9.17) is 0 Å². The van der Waals surface area contributed by atoms with Crippen molar-refractivity contribution in [2.45, 2.75) is 30.7 Å². The summed E-state index contributed by atoms with van der Waals surface area (Å²) >= 11 is 5.03. The van der Waals surface area contributed by atoms with Gasteiger partial charge >= 0.3 is 0 Å². The number of hydrogen-bond donors (Lipinski definition) is 0. The quantitative estimate of drug-likeness (QED) is 0.753. The van der Waals surface area contributed by atoms with E-state index in [1.165, 1.54) is 5.56 Å². The van der Waals surface area contributed by atoms with E-state index in [0.717, 1.165) is 20.1 Å². The monoisotopic (exact) mass is 335 g/mol. The maximum absolute atomic E-state index is 11.4. The molecule has 1 heterocycles. The molecule has 0 N–H and O–H groups in total. The van der Waals surface area contributed by atoms with E-state index in [9.17, 15) is 4.79 Å². The summed E-state index contributed by atoms with van der Waals surface area (Å²) in [5.74, 6) is 0.0629. The smallest absolute Gasteiger partial charge is 0.160 e. The minimum Gasteiger partial charge on any atom is -0.294 e. The van der Waals surface area contributed by atoms with Crippen LogP contribution in [0.15, 0.2) is 44.7 Å². The van der Waals surface area contributed by atoms with Crippen LogP contribution in [-0.4, -0.2) is 10.8 Å². The molecule has 0 aliphatic heterocycles. The molecule has 1 aromatic heterocycles. The molecule has 0 saturated heterocycles. The lowest BCUT2D eigenvalue weighted by atomic mass is 10.2. The average molecular weight is 336 g/mol. The highest BCUT2D eigenvalue weighted by Crippen LogP contribution is 2.30. The van der Waals surface area contributed by atoms with E-state index in [-0.39, 0.29) is 5.78 Å². The van der Waals surface area contributed by atoms with E-state index in [1.54, 1.807) is 18.7 Å². The number of aromatic nitrogens is 1. The number of carbonyl (C=O) groups excluding carboxylic acids is 1. The molecule has 0 unspecified atom stereocenters. The first kappa shape index (κ1) is 14.3. The molecule has 0 atom stereocenters. The van der Waals surface area contributed by atoms with Crippen molar-refractivity contribution in [3.05, 3.63) is 51.6 Å². The predicted octanol–water partition coefficient (Wildman–Crippen LogP) is 4.81. The molecule has 0 fully saturated rings. The first-order valence-corrected chi connectivity index (χ1v) is 7.50. The second-order valence-corrected chi connectivity index (χ2v) is 6.37. The first-order chi connectivity index (χ1) is 8.95.